The SMILES string of the molecule is Cc1ccc(C(O)C2(CN)CCCC2)cc1C. The van der Waals surface area contributed by atoms with Crippen molar-refractivity contribution >= 4 is 0 Å². The predicted octanol–water partition coefficient (Wildman–Crippen LogP) is 2.86. The average molecular weight is 233 g/mol. The van der Waals surface area contributed by atoms with Crippen molar-refractivity contribution in [2.45, 2.75) is 45.6 Å². The molecular formula is C15H23NO. The summed E-state index contributed by atoms with van der Waals surface area (Å²) in [5, 5.41) is 10.6. The van der Waals surface area contributed by atoms with E-state index in [-0.39, 0.29) is 5.41 Å². The minimum atomic E-state index is -0.408. The van der Waals surface area contributed by atoms with Crippen LogP contribution in [0.15, 0.2) is 18.2 Å². The highest BCUT2D eigenvalue weighted by Gasteiger charge is 2.40. The van der Waals surface area contributed by atoms with Crippen molar-refractivity contribution in [3.63, 3.8) is 0 Å². The maximum Gasteiger partial charge on any atom is 0.0858 e. The average Bonchev–Trinajstić information content (AvgIpc) is 2.81. The number of rotatable bonds is 3. The summed E-state index contributed by atoms with van der Waals surface area (Å²) < 4.78 is 0. The fraction of sp³-hybridized carbons (Fsp3) is 0.600. The van der Waals surface area contributed by atoms with E-state index in [1.807, 2.05) is 6.07 Å². The Bertz CT molecular complexity index is 394. The van der Waals surface area contributed by atoms with Gasteiger partial charge >= 0.3 is 0 Å². The number of nitrogens with two attached hydrogens (primary N) is 1. The molecule has 94 valence electrons. The number of aliphatic hydroxyl groups is 1. The normalized spacial score (nSPS) is 20.5. The van der Waals surface area contributed by atoms with Crippen molar-refractivity contribution in [2.24, 2.45) is 11.1 Å². The van der Waals surface area contributed by atoms with Crippen LogP contribution in [0.3, 0.4) is 0 Å². The zero-order chi connectivity index (χ0) is 12.5. The second kappa shape index (κ2) is 4.79. The summed E-state index contributed by atoms with van der Waals surface area (Å²) in [5.74, 6) is 0. The highest BCUT2D eigenvalue weighted by Crippen LogP contribution is 2.46. The van der Waals surface area contributed by atoms with E-state index in [1.165, 1.54) is 24.0 Å². The second-order valence-corrected chi connectivity index (χ2v) is 5.52. The lowest BCUT2D eigenvalue weighted by atomic mass is 9.77. The molecule has 1 unspecified atom stereocenters. The van der Waals surface area contributed by atoms with Gasteiger partial charge in [-0.15, -0.1) is 0 Å². The molecule has 0 radical (unpaired) electrons. The highest BCUT2D eigenvalue weighted by molar-refractivity contribution is 5.32. The largest absolute Gasteiger partial charge is 0.388 e. The molecule has 1 saturated carbocycles. The molecule has 0 saturated heterocycles. The lowest BCUT2D eigenvalue weighted by Crippen LogP contribution is -2.34. The summed E-state index contributed by atoms with van der Waals surface area (Å²) in [4.78, 5) is 0. The van der Waals surface area contributed by atoms with Crippen LogP contribution >= 0.6 is 0 Å². The summed E-state index contributed by atoms with van der Waals surface area (Å²) in [7, 11) is 0. The van der Waals surface area contributed by atoms with Gasteiger partial charge in [0.15, 0.2) is 0 Å². The first kappa shape index (κ1) is 12.6. The van der Waals surface area contributed by atoms with Gasteiger partial charge in [-0.05, 0) is 43.4 Å². The Morgan fingerprint density at radius 1 is 1.24 bits per heavy atom. The van der Waals surface area contributed by atoms with Gasteiger partial charge in [0.25, 0.3) is 0 Å². The molecule has 0 aromatic heterocycles. The first-order valence-corrected chi connectivity index (χ1v) is 6.54. The van der Waals surface area contributed by atoms with Gasteiger partial charge in [-0.1, -0.05) is 31.0 Å². The molecule has 2 heteroatoms. The standard InChI is InChI=1S/C15H23NO/c1-11-5-6-13(9-12(11)2)14(17)15(10-16)7-3-4-8-15/h5-6,9,14,17H,3-4,7-8,10,16H2,1-2H3. The van der Waals surface area contributed by atoms with E-state index in [2.05, 4.69) is 26.0 Å². The molecule has 1 fully saturated rings. The fourth-order valence-electron chi connectivity index (χ4n) is 2.96. The Labute approximate surface area is 104 Å². The Hall–Kier alpha value is -0.860. The van der Waals surface area contributed by atoms with Crippen LogP contribution in [0.2, 0.25) is 0 Å². The Morgan fingerprint density at radius 3 is 2.41 bits per heavy atom. The zero-order valence-corrected chi connectivity index (χ0v) is 10.9. The third-order valence-electron chi connectivity index (χ3n) is 4.43. The van der Waals surface area contributed by atoms with Crippen molar-refractivity contribution in [3.8, 4) is 0 Å². The first-order chi connectivity index (χ1) is 8.09. The highest BCUT2D eigenvalue weighted by atomic mass is 16.3. The van der Waals surface area contributed by atoms with E-state index in [4.69, 9.17) is 5.73 Å². The van der Waals surface area contributed by atoms with Crippen LogP contribution in [0, 0.1) is 19.3 Å². The van der Waals surface area contributed by atoms with Crippen LogP contribution in [0.5, 0.6) is 0 Å². The third-order valence-corrected chi connectivity index (χ3v) is 4.43. The molecule has 1 aliphatic rings. The molecule has 3 N–H and O–H groups in total. The van der Waals surface area contributed by atoms with Crippen LogP contribution in [0.25, 0.3) is 0 Å². The number of hydrogen-bond donors (Lipinski definition) is 2. The zero-order valence-electron chi connectivity index (χ0n) is 10.9. The minimum absolute atomic E-state index is 0.0816. The topological polar surface area (TPSA) is 46.2 Å². The van der Waals surface area contributed by atoms with Crippen LogP contribution < -0.4 is 5.73 Å². The Morgan fingerprint density at radius 2 is 1.88 bits per heavy atom. The van der Waals surface area contributed by atoms with Crippen LogP contribution in [-0.2, 0) is 0 Å². The summed E-state index contributed by atoms with van der Waals surface area (Å²) >= 11 is 0. The van der Waals surface area contributed by atoms with Gasteiger partial charge in [-0.2, -0.15) is 0 Å². The van der Waals surface area contributed by atoms with Gasteiger partial charge in [0, 0.05) is 12.0 Å². The smallest absolute Gasteiger partial charge is 0.0858 e. The quantitative estimate of drug-likeness (QED) is 0.843. The van der Waals surface area contributed by atoms with E-state index in [9.17, 15) is 5.11 Å². The minimum Gasteiger partial charge on any atom is -0.388 e. The number of aliphatic hydroxyl groups excluding tert-OH is 1. The summed E-state index contributed by atoms with van der Waals surface area (Å²) in [6, 6.07) is 6.24. The number of aryl methyl sites for hydroxylation is 2. The summed E-state index contributed by atoms with van der Waals surface area (Å²) in [6.07, 6.45) is 4.09. The number of benzene rings is 1. The van der Waals surface area contributed by atoms with Crippen LogP contribution in [-0.4, -0.2) is 11.7 Å². The molecule has 2 rings (SSSR count). The number of hydrogen-bond acceptors (Lipinski definition) is 2. The molecule has 0 amide bonds. The maximum atomic E-state index is 10.6. The Balaban J connectivity index is 2.29. The maximum absolute atomic E-state index is 10.6. The molecule has 17 heavy (non-hydrogen) atoms. The van der Waals surface area contributed by atoms with Gasteiger partial charge in [0.05, 0.1) is 6.10 Å². The van der Waals surface area contributed by atoms with E-state index in [0.717, 1.165) is 18.4 Å². The third kappa shape index (κ3) is 2.24. The molecule has 2 nitrogen and oxygen atoms in total. The molecular weight excluding hydrogens is 210 g/mol. The van der Waals surface area contributed by atoms with Gasteiger partial charge in [0.2, 0.25) is 0 Å². The Kier molecular flexibility index (Phi) is 3.55. The van der Waals surface area contributed by atoms with Gasteiger partial charge in [-0.3, -0.25) is 0 Å². The molecule has 1 aromatic rings. The van der Waals surface area contributed by atoms with Crippen LogP contribution in [0.4, 0.5) is 0 Å². The van der Waals surface area contributed by atoms with E-state index in [1.54, 1.807) is 0 Å². The van der Waals surface area contributed by atoms with Crippen molar-refractivity contribution in [3.05, 3.63) is 34.9 Å². The van der Waals surface area contributed by atoms with Gasteiger partial charge < -0.3 is 10.8 Å². The van der Waals surface area contributed by atoms with E-state index < -0.39 is 6.10 Å². The van der Waals surface area contributed by atoms with Gasteiger partial charge in [0.1, 0.15) is 0 Å². The summed E-state index contributed by atoms with van der Waals surface area (Å²) in [5.41, 5.74) is 9.38. The molecule has 1 atom stereocenters. The van der Waals surface area contributed by atoms with Crippen molar-refractivity contribution in [2.75, 3.05) is 6.54 Å². The molecule has 0 bridgehead atoms. The molecule has 1 aliphatic carbocycles. The summed E-state index contributed by atoms with van der Waals surface area (Å²) in [6.45, 7) is 4.77. The lowest BCUT2D eigenvalue weighted by Gasteiger charge is -2.33. The lowest BCUT2D eigenvalue weighted by molar-refractivity contribution is 0.0333. The van der Waals surface area contributed by atoms with Gasteiger partial charge in [-0.25, -0.2) is 0 Å². The molecule has 0 spiro atoms. The van der Waals surface area contributed by atoms with Crippen molar-refractivity contribution in [1.29, 1.82) is 0 Å². The van der Waals surface area contributed by atoms with Crippen molar-refractivity contribution < 1.29 is 5.11 Å². The van der Waals surface area contributed by atoms with E-state index in [0.29, 0.717) is 6.54 Å². The fourth-order valence-corrected chi connectivity index (χ4v) is 2.96. The predicted molar refractivity (Wildman–Crippen MR) is 70.8 cm³/mol. The van der Waals surface area contributed by atoms with Crippen molar-refractivity contribution in [1.82, 2.24) is 0 Å². The molecule has 0 heterocycles. The monoisotopic (exact) mass is 233 g/mol. The molecule has 0 aliphatic heterocycles. The second-order valence-electron chi connectivity index (χ2n) is 5.52. The van der Waals surface area contributed by atoms with E-state index >= 15 is 0 Å². The van der Waals surface area contributed by atoms with Crippen LogP contribution in [0.1, 0.15) is 48.5 Å². The first-order valence-electron chi connectivity index (χ1n) is 6.54. The molecule has 1 aromatic carbocycles.